The third-order valence-electron chi connectivity index (χ3n) is 3.71. The smallest absolute Gasteiger partial charge is 0.341 e. The molecule has 26 heavy (non-hydrogen) atoms. The molecule has 1 atom stereocenters. The Morgan fingerprint density at radius 1 is 1.23 bits per heavy atom. The third-order valence-corrected chi connectivity index (χ3v) is 3.71. The van der Waals surface area contributed by atoms with Gasteiger partial charge in [-0.3, -0.25) is 4.79 Å². The number of rotatable bonds is 6. The molecular weight excluding hydrogens is 334 g/mol. The predicted molar refractivity (Wildman–Crippen MR) is 96.3 cm³/mol. The van der Waals surface area contributed by atoms with Crippen LogP contribution in [0.3, 0.4) is 0 Å². The van der Waals surface area contributed by atoms with Crippen LogP contribution in [-0.2, 0) is 9.53 Å². The molecule has 0 saturated carbocycles. The Kier molecular flexibility index (Phi) is 5.17. The van der Waals surface area contributed by atoms with Crippen molar-refractivity contribution in [3.63, 3.8) is 0 Å². The average molecular weight is 353 g/mol. The van der Waals surface area contributed by atoms with E-state index in [1.54, 1.807) is 48.8 Å². The van der Waals surface area contributed by atoms with Crippen molar-refractivity contribution in [3.05, 3.63) is 60.4 Å². The Morgan fingerprint density at radius 3 is 2.73 bits per heavy atom. The molecule has 0 fully saturated rings. The van der Waals surface area contributed by atoms with E-state index in [0.29, 0.717) is 22.5 Å². The maximum absolute atomic E-state index is 12.4. The molecule has 1 aromatic carbocycles. The molecule has 0 bridgehead atoms. The number of esters is 1. The highest BCUT2D eigenvalue weighted by Gasteiger charge is 2.17. The molecule has 2 heterocycles. The molecule has 134 valence electrons. The number of hydrogen-bond donors (Lipinski definition) is 1. The van der Waals surface area contributed by atoms with Crippen molar-refractivity contribution in [1.82, 2.24) is 9.61 Å². The number of nitrogens with one attached hydrogen (secondary N) is 1. The number of ether oxygens (including phenoxy) is 2. The van der Waals surface area contributed by atoms with Crippen LogP contribution in [0.4, 0.5) is 5.69 Å². The molecule has 3 rings (SSSR count). The Morgan fingerprint density at radius 2 is 2.00 bits per heavy atom. The summed E-state index contributed by atoms with van der Waals surface area (Å²) in [4.78, 5) is 24.3. The highest BCUT2D eigenvalue weighted by atomic mass is 16.5. The van der Waals surface area contributed by atoms with E-state index in [1.807, 2.05) is 18.2 Å². The van der Waals surface area contributed by atoms with Gasteiger partial charge in [0, 0.05) is 11.9 Å². The summed E-state index contributed by atoms with van der Waals surface area (Å²) in [5.41, 5.74) is 1.44. The van der Waals surface area contributed by atoms with Gasteiger partial charge in [-0.1, -0.05) is 18.2 Å². The number of nitrogens with zero attached hydrogens (tertiary/aromatic N) is 2. The number of aromatic nitrogens is 2. The second-order valence-electron chi connectivity index (χ2n) is 5.59. The van der Waals surface area contributed by atoms with Gasteiger partial charge in [-0.2, -0.15) is 5.10 Å². The molecule has 1 unspecified atom stereocenters. The zero-order valence-corrected chi connectivity index (χ0v) is 14.5. The number of fused-ring (bicyclic) bond motifs is 1. The predicted octanol–water partition coefficient (Wildman–Crippen LogP) is 2.92. The van der Waals surface area contributed by atoms with E-state index < -0.39 is 12.1 Å². The van der Waals surface area contributed by atoms with Gasteiger partial charge in [-0.15, -0.1) is 0 Å². The summed E-state index contributed by atoms with van der Waals surface area (Å²) in [6.07, 6.45) is 2.43. The lowest BCUT2D eigenvalue weighted by molar-refractivity contribution is -0.122. The van der Waals surface area contributed by atoms with Gasteiger partial charge < -0.3 is 14.8 Å². The van der Waals surface area contributed by atoms with Crippen LogP contribution < -0.4 is 10.1 Å². The Labute approximate surface area is 150 Å². The van der Waals surface area contributed by atoms with E-state index in [4.69, 9.17) is 9.47 Å². The quantitative estimate of drug-likeness (QED) is 0.689. The zero-order chi connectivity index (χ0) is 18.5. The van der Waals surface area contributed by atoms with Crippen molar-refractivity contribution in [2.24, 2.45) is 0 Å². The van der Waals surface area contributed by atoms with Crippen LogP contribution in [0.1, 0.15) is 24.2 Å². The summed E-state index contributed by atoms with van der Waals surface area (Å²) in [5.74, 6) is -0.131. The molecule has 3 aromatic rings. The lowest BCUT2D eigenvalue weighted by atomic mass is 10.2. The van der Waals surface area contributed by atoms with Crippen molar-refractivity contribution in [2.75, 3.05) is 11.9 Å². The Bertz CT molecular complexity index is 921. The van der Waals surface area contributed by atoms with Crippen LogP contribution >= 0.6 is 0 Å². The summed E-state index contributed by atoms with van der Waals surface area (Å²) in [5, 5.41) is 6.90. The summed E-state index contributed by atoms with van der Waals surface area (Å²) >= 11 is 0. The van der Waals surface area contributed by atoms with Crippen molar-refractivity contribution < 1.29 is 19.1 Å². The number of hydrogen-bond acceptors (Lipinski definition) is 5. The third kappa shape index (κ3) is 3.83. The highest BCUT2D eigenvalue weighted by molar-refractivity contribution is 5.99. The minimum absolute atomic E-state index is 0.279. The fourth-order valence-electron chi connectivity index (χ4n) is 2.43. The van der Waals surface area contributed by atoms with Crippen LogP contribution in [0.2, 0.25) is 0 Å². The maximum atomic E-state index is 12.4. The minimum atomic E-state index is -0.678. The van der Waals surface area contributed by atoms with Gasteiger partial charge >= 0.3 is 5.97 Å². The largest absolute Gasteiger partial charge is 0.481 e. The molecule has 0 spiro atoms. The molecule has 0 radical (unpaired) electrons. The fraction of sp³-hybridized carbons (Fsp3) is 0.211. The molecule has 2 aromatic heterocycles. The average Bonchev–Trinajstić information content (AvgIpc) is 3.06. The minimum Gasteiger partial charge on any atom is -0.481 e. The van der Waals surface area contributed by atoms with Crippen LogP contribution in [0.25, 0.3) is 5.52 Å². The molecule has 1 amide bonds. The molecule has 0 aliphatic carbocycles. The van der Waals surface area contributed by atoms with E-state index in [2.05, 4.69) is 10.4 Å². The van der Waals surface area contributed by atoms with Crippen molar-refractivity contribution >= 4 is 23.1 Å². The Balaban J connectivity index is 1.74. The van der Waals surface area contributed by atoms with E-state index in [1.165, 1.54) is 6.20 Å². The Hall–Kier alpha value is -3.35. The van der Waals surface area contributed by atoms with Gasteiger partial charge in [0.15, 0.2) is 6.10 Å². The van der Waals surface area contributed by atoms with Crippen LogP contribution in [0, 0.1) is 0 Å². The van der Waals surface area contributed by atoms with Crippen molar-refractivity contribution in [1.29, 1.82) is 0 Å². The number of para-hydroxylation sites is 1. The van der Waals surface area contributed by atoms with Crippen LogP contribution in [-0.4, -0.2) is 34.2 Å². The number of amides is 1. The molecule has 1 N–H and O–H groups in total. The second kappa shape index (κ2) is 7.69. The highest BCUT2D eigenvalue weighted by Crippen LogP contribution is 2.18. The number of carbonyl (C=O) groups is 2. The van der Waals surface area contributed by atoms with Gasteiger partial charge in [-0.25, -0.2) is 9.31 Å². The second-order valence-corrected chi connectivity index (χ2v) is 5.59. The first kappa shape index (κ1) is 17.5. The summed E-state index contributed by atoms with van der Waals surface area (Å²) in [6, 6.07) is 12.5. The van der Waals surface area contributed by atoms with E-state index in [9.17, 15) is 9.59 Å². The molecule has 0 saturated heterocycles. The van der Waals surface area contributed by atoms with Gasteiger partial charge in [0.2, 0.25) is 0 Å². The summed E-state index contributed by atoms with van der Waals surface area (Å²) in [7, 11) is 0. The molecule has 7 nitrogen and oxygen atoms in total. The first-order chi connectivity index (χ1) is 12.6. The lowest BCUT2D eigenvalue weighted by Crippen LogP contribution is -2.30. The topological polar surface area (TPSA) is 81.9 Å². The number of anilines is 1. The van der Waals surface area contributed by atoms with Gasteiger partial charge in [0.25, 0.3) is 5.91 Å². The summed E-state index contributed by atoms with van der Waals surface area (Å²) in [6.45, 7) is 3.69. The number of benzene rings is 1. The van der Waals surface area contributed by atoms with E-state index >= 15 is 0 Å². The normalized spacial score (nSPS) is 11.8. The number of carbonyl (C=O) groups excluding carboxylic acids is 2. The number of pyridine rings is 1. The monoisotopic (exact) mass is 353 g/mol. The van der Waals surface area contributed by atoms with Crippen molar-refractivity contribution in [2.45, 2.75) is 20.0 Å². The SMILES string of the molecule is CCOC(=O)c1cnn2ccc(NC(=O)C(C)Oc3ccccc3)cc12. The summed E-state index contributed by atoms with van der Waals surface area (Å²) < 4.78 is 12.2. The fourth-order valence-corrected chi connectivity index (χ4v) is 2.43. The first-order valence-electron chi connectivity index (χ1n) is 8.25. The zero-order valence-electron chi connectivity index (χ0n) is 14.5. The van der Waals surface area contributed by atoms with Crippen molar-refractivity contribution in [3.8, 4) is 5.75 Å². The first-order valence-corrected chi connectivity index (χ1v) is 8.25. The van der Waals surface area contributed by atoms with Crippen LogP contribution in [0.5, 0.6) is 5.75 Å². The standard InChI is InChI=1S/C19H19N3O4/c1-3-25-19(24)16-12-20-22-10-9-14(11-17(16)22)21-18(23)13(2)26-15-7-5-4-6-8-15/h4-13H,3H2,1-2H3,(H,21,23). The van der Waals surface area contributed by atoms with Gasteiger partial charge in [-0.05, 0) is 38.1 Å². The molecular formula is C19H19N3O4. The van der Waals surface area contributed by atoms with E-state index in [0.717, 1.165) is 0 Å². The lowest BCUT2D eigenvalue weighted by Gasteiger charge is -2.14. The molecule has 0 aliphatic heterocycles. The van der Waals surface area contributed by atoms with E-state index in [-0.39, 0.29) is 12.5 Å². The van der Waals surface area contributed by atoms with Gasteiger partial charge in [0.05, 0.1) is 18.3 Å². The maximum Gasteiger partial charge on any atom is 0.341 e. The molecule has 0 aliphatic rings. The van der Waals surface area contributed by atoms with Crippen LogP contribution in [0.15, 0.2) is 54.9 Å². The van der Waals surface area contributed by atoms with Gasteiger partial charge in [0.1, 0.15) is 11.3 Å². The molecule has 7 heteroatoms.